The Morgan fingerprint density at radius 1 is 1.30 bits per heavy atom. The van der Waals surface area contributed by atoms with Crippen molar-refractivity contribution < 1.29 is 8.42 Å². The van der Waals surface area contributed by atoms with Gasteiger partial charge in [-0.15, -0.1) is 5.10 Å². The number of aromatic nitrogens is 2. The van der Waals surface area contributed by atoms with E-state index in [-0.39, 0.29) is 27.3 Å². The number of sulfonamides is 1. The van der Waals surface area contributed by atoms with Crippen LogP contribution in [-0.4, -0.2) is 18.6 Å². The molecule has 0 bridgehead atoms. The van der Waals surface area contributed by atoms with Gasteiger partial charge in [0.2, 0.25) is 0 Å². The van der Waals surface area contributed by atoms with Crippen LogP contribution in [0.25, 0.3) is 0 Å². The van der Waals surface area contributed by atoms with Crippen LogP contribution in [0.15, 0.2) is 35.4 Å². The van der Waals surface area contributed by atoms with E-state index in [4.69, 9.17) is 28.9 Å². The van der Waals surface area contributed by atoms with E-state index in [9.17, 15) is 8.42 Å². The van der Waals surface area contributed by atoms with Crippen LogP contribution in [-0.2, 0) is 16.6 Å². The maximum atomic E-state index is 12.3. The number of nitrogens with two attached hydrogens (primary N) is 1. The van der Waals surface area contributed by atoms with E-state index in [0.29, 0.717) is 5.56 Å². The molecule has 2 aromatic rings. The van der Waals surface area contributed by atoms with Crippen LogP contribution in [0.2, 0.25) is 10.0 Å². The van der Waals surface area contributed by atoms with Gasteiger partial charge in [0.1, 0.15) is 4.90 Å². The molecular weight excluding hydrogens is 323 g/mol. The Hall–Kier alpha value is -1.41. The zero-order chi connectivity index (χ0) is 14.8. The number of benzene rings is 1. The highest BCUT2D eigenvalue weighted by atomic mass is 35.5. The average molecular weight is 333 g/mol. The number of anilines is 1. The van der Waals surface area contributed by atoms with Gasteiger partial charge >= 0.3 is 0 Å². The summed E-state index contributed by atoms with van der Waals surface area (Å²) in [6.07, 6.45) is 1.43. The third-order valence-corrected chi connectivity index (χ3v) is 4.56. The third-order valence-electron chi connectivity index (χ3n) is 2.40. The maximum Gasteiger partial charge on any atom is 0.264 e. The lowest BCUT2D eigenvalue weighted by Gasteiger charge is -2.11. The lowest BCUT2D eigenvalue weighted by molar-refractivity contribution is 0.601. The lowest BCUT2D eigenvalue weighted by Crippen LogP contribution is -2.15. The third kappa shape index (κ3) is 3.18. The summed E-state index contributed by atoms with van der Waals surface area (Å²) in [6.45, 7) is 0.0764. The number of halogens is 2. The van der Waals surface area contributed by atoms with Gasteiger partial charge in [0, 0.05) is 17.8 Å². The van der Waals surface area contributed by atoms with E-state index in [0.717, 1.165) is 0 Å². The number of nitrogens with one attached hydrogen (secondary N) is 1. The van der Waals surface area contributed by atoms with E-state index in [1.54, 1.807) is 6.07 Å². The first-order valence-electron chi connectivity index (χ1n) is 5.42. The van der Waals surface area contributed by atoms with Crippen LogP contribution >= 0.6 is 23.2 Å². The quantitative estimate of drug-likeness (QED) is 0.892. The van der Waals surface area contributed by atoms with Gasteiger partial charge in [-0.05, 0) is 29.8 Å². The van der Waals surface area contributed by atoms with Crippen LogP contribution in [0.4, 0.5) is 5.82 Å². The molecular formula is C11H10Cl2N4O2S. The van der Waals surface area contributed by atoms with E-state index in [1.165, 1.54) is 24.4 Å². The molecule has 0 aliphatic carbocycles. The molecule has 0 aliphatic heterocycles. The van der Waals surface area contributed by atoms with Crippen molar-refractivity contribution in [1.82, 2.24) is 10.2 Å². The molecule has 3 N–H and O–H groups in total. The Balaban J connectivity index is 2.47. The number of hydrogen-bond donors (Lipinski definition) is 2. The molecule has 106 valence electrons. The summed E-state index contributed by atoms with van der Waals surface area (Å²) in [5.41, 5.74) is 5.95. The largest absolute Gasteiger partial charge is 0.326 e. The zero-order valence-corrected chi connectivity index (χ0v) is 12.4. The molecule has 6 nitrogen and oxygen atoms in total. The van der Waals surface area contributed by atoms with E-state index in [1.807, 2.05) is 0 Å². The molecule has 0 saturated heterocycles. The molecule has 0 fully saturated rings. The first-order chi connectivity index (χ1) is 9.44. The highest BCUT2D eigenvalue weighted by Gasteiger charge is 2.21. The van der Waals surface area contributed by atoms with Crippen molar-refractivity contribution in [3.8, 4) is 0 Å². The smallest absolute Gasteiger partial charge is 0.264 e. The number of rotatable bonds is 4. The summed E-state index contributed by atoms with van der Waals surface area (Å²) < 4.78 is 26.8. The Kier molecular flexibility index (Phi) is 4.44. The van der Waals surface area contributed by atoms with Crippen LogP contribution < -0.4 is 10.5 Å². The molecule has 2 rings (SSSR count). The second-order valence-electron chi connectivity index (χ2n) is 3.80. The monoisotopic (exact) mass is 332 g/mol. The fourth-order valence-corrected chi connectivity index (χ4v) is 3.45. The lowest BCUT2D eigenvalue weighted by atomic mass is 10.2. The molecule has 20 heavy (non-hydrogen) atoms. The van der Waals surface area contributed by atoms with Gasteiger partial charge in [-0.2, -0.15) is 5.10 Å². The minimum absolute atomic E-state index is 0.0355. The average Bonchev–Trinajstić information content (AvgIpc) is 2.41. The molecule has 0 aliphatic rings. The highest BCUT2D eigenvalue weighted by molar-refractivity contribution is 7.92. The topological polar surface area (TPSA) is 98.0 Å². The molecule has 0 saturated carbocycles. The summed E-state index contributed by atoms with van der Waals surface area (Å²) in [5, 5.41) is 7.49. The number of hydrogen-bond acceptors (Lipinski definition) is 5. The van der Waals surface area contributed by atoms with Gasteiger partial charge in [0.25, 0.3) is 10.0 Å². The highest BCUT2D eigenvalue weighted by Crippen LogP contribution is 2.30. The standard InChI is InChI=1S/C11H10Cl2N4O2S/c12-8-4-7(6-14)11(13)9(5-8)20(18,19)17-10-2-1-3-15-16-10/h1-5H,6,14H2,(H,16,17). The second-order valence-corrected chi connectivity index (χ2v) is 6.26. The normalized spacial score (nSPS) is 11.3. The van der Waals surface area contributed by atoms with Gasteiger partial charge in [0.05, 0.1) is 5.02 Å². The van der Waals surface area contributed by atoms with Crippen molar-refractivity contribution in [2.24, 2.45) is 5.73 Å². The minimum Gasteiger partial charge on any atom is -0.326 e. The predicted octanol–water partition coefficient (Wildman–Crippen LogP) is 2.04. The molecule has 9 heteroatoms. The van der Waals surface area contributed by atoms with E-state index < -0.39 is 10.0 Å². The van der Waals surface area contributed by atoms with Crippen LogP contribution in [0.1, 0.15) is 5.56 Å². The molecule has 0 amide bonds. The predicted molar refractivity (Wildman–Crippen MR) is 77.2 cm³/mol. The van der Waals surface area contributed by atoms with Gasteiger partial charge < -0.3 is 5.73 Å². The Bertz CT molecular complexity index is 723. The van der Waals surface area contributed by atoms with Crippen LogP contribution in [0.3, 0.4) is 0 Å². The van der Waals surface area contributed by atoms with Crippen LogP contribution in [0.5, 0.6) is 0 Å². The van der Waals surface area contributed by atoms with Crippen LogP contribution in [0, 0.1) is 0 Å². The SMILES string of the molecule is NCc1cc(Cl)cc(S(=O)(=O)Nc2cccnn2)c1Cl. The molecule has 1 heterocycles. The van der Waals surface area contributed by atoms with Gasteiger partial charge in [0.15, 0.2) is 5.82 Å². The fraction of sp³-hybridized carbons (Fsp3) is 0.0909. The van der Waals surface area contributed by atoms with Crippen molar-refractivity contribution in [2.45, 2.75) is 11.4 Å². The maximum absolute atomic E-state index is 12.3. The van der Waals surface area contributed by atoms with Gasteiger partial charge in [-0.25, -0.2) is 8.42 Å². The molecule has 1 aromatic carbocycles. The van der Waals surface area contributed by atoms with Gasteiger partial charge in [-0.1, -0.05) is 23.2 Å². The zero-order valence-electron chi connectivity index (χ0n) is 10.0. The summed E-state index contributed by atoms with van der Waals surface area (Å²) in [4.78, 5) is -0.155. The molecule has 0 spiro atoms. The Morgan fingerprint density at radius 2 is 2.05 bits per heavy atom. The minimum atomic E-state index is -3.92. The molecule has 0 unspecified atom stereocenters. The summed E-state index contributed by atoms with van der Waals surface area (Å²) >= 11 is 11.9. The van der Waals surface area contributed by atoms with E-state index in [2.05, 4.69) is 14.9 Å². The van der Waals surface area contributed by atoms with Crippen molar-refractivity contribution in [1.29, 1.82) is 0 Å². The molecule has 0 radical (unpaired) electrons. The Morgan fingerprint density at radius 3 is 2.65 bits per heavy atom. The van der Waals surface area contributed by atoms with Crippen molar-refractivity contribution in [3.63, 3.8) is 0 Å². The fourth-order valence-electron chi connectivity index (χ4n) is 1.51. The Labute approximate surface area is 126 Å². The second kappa shape index (κ2) is 5.92. The first kappa shape index (κ1) is 15.0. The van der Waals surface area contributed by atoms with E-state index >= 15 is 0 Å². The van der Waals surface area contributed by atoms with Crippen molar-refractivity contribution >= 4 is 39.0 Å². The molecule has 1 aromatic heterocycles. The summed E-state index contributed by atoms with van der Waals surface area (Å²) in [7, 11) is -3.92. The van der Waals surface area contributed by atoms with Crippen molar-refractivity contribution in [2.75, 3.05) is 4.72 Å². The van der Waals surface area contributed by atoms with Gasteiger partial charge in [-0.3, -0.25) is 4.72 Å². The van der Waals surface area contributed by atoms with Crippen molar-refractivity contribution in [3.05, 3.63) is 46.1 Å². The summed E-state index contributed by atoms with van der Waals surface area (Å²) in [6, 6.07) is 5.79. The number of nitrogens with zero attached hydrogens (tertiary/aromatic N) is 2. The first-order valence-corrected chi connectivity index (χ1v) is 7.66. The summed E-state index contributed by atoms with van der Waals surface area (Å²) in [5.74, 6) is 0.0813. The molecule has 0 atom stereocenters.